The first-order chi connectivity index (χ1) is 5.74. The zero-order chi connectivity index (χ0) is 8.97. The van der Waals surface area contributed by atoms with Crippen molar-refractivity contribution >= 4 is 11.6 Å². The SMILES string of the molecule is C=CC[C@H](C)c1ccc(Cl)cc1. The van der Waals surface area contributed by atoms with Gasteiger partial charge in [-0.15, -0.1) is 6.58 Å². The van der Waals surface area contributed by atoms with Crippen molar-refractivity contribution in [2.45, 2.75) is 19.3 Å². The molecule has 0 aliphatic rings. The molecule has 0 aliphatic carbocycles. The Labute approximate surface area is 78.9 Å². The topological polar surface area (TPSA) is 0 Å². The minimum absolute atomic E-state index is 0.541. The van der Waals surface area contributed by atoms with E-state index < -0.39 is 0 Å². The summed E-state index contributed by atoms with van der Waals surface area (Å²) in [5.74, 6) is 0.541. The van der Waals surface area contributed by atoms with Gasteiger partial charge in [-0.1, -0.05) is 36.7 Å². The van der Waals surface area contributed by atoms with Crippen LogP contribution in [0.5, 0.6) is 0 Å². The van der Waals surface area contributed by atoms with Crippen LogP contribution in [0.15, 0.2) is 36.9 Å². The van der Waals surface area contributed by atoms with Gasteiger partial charge in [0.1, 0.15) is 0 Å². The Morgan fingerprint density at radius 3 is 2.50 bits per heavy atom. The van der Waals surface area contributed by atoms with Crippen LogP contribution in [0.25, 0.3) is 0 Å². The van der Waals surface area contributed by atoms with Gasteiger partial charge in [0.05, 0.1) is 0 Å². The molecule has 0 bridgehead atoms. The fourth-order valence-electron chi connectivity index (χ4n) is 1.18. The van der Waals surface area contributed by atoms with E-state index in [-0.39, 0.29) is 0 Å². The van der Waals surface area contributed by atoms with Gasteiger partial charge >= 0.3 is 0 Å². The van der Waals surface area contributed by atoms with Gasteiger partial charge in [-0.3, -0.25) is 0 Å². The van der Waals surface area contributed by atoms with Crippen LogP contribution in [0.4, 0.5) is 0 Å². The number of halogens is 1. The van der Waals surface area contributed by atoms with Crippen LogP contribution in [0.3, 0.4) is 0 Å². The second kappa shape index (κ2) is 4.32. The van der Waals surface area contributed by atoms with Crippen LogP contribution in [0.1, 0.15) is 24.8 Å². The Balaban J connectivity index is 2.74. The molecule has 1 heteroatoms. The van der Waals surface area contributed by atoms with Gasteiger partial charge in [-0.25, -0.2) is 0 Å². The zero-order valence-electron chi connectivity index (χ0n) is 7.26. The average Bonchev–Trinajstić information content (AvgIpc) is 2.06. The van der Waals surface area contributed by atoms with Gasteiger partial charge in [0.15, 0.2) is 0 Å². The van der Waals surface area contributed by atoms with E-state index in [1.165, 1.54) is 5.56 Å². The molecule has 64 valence electrons. The smallest absolute Gasteiger partial charge is 0.0406 e. The molecule has 0 nitrogen and oxygen atoms in total. The van der Waals surface area contributed by atoms with Crippen LogP contribution in [-0.4, -0.2) is 0 Å². The normalized spacial score (nSPS) is 12.5. The van der Waals surface area contributed by atoms with Crippen LogP contribution < -0.4 is 0 Å². The van der Waals surface area contributed by atoms with Crippen molar-refractivity contribution < 1.29 is 0 Å². The predicted molar refractivity (Wildman–Crippen MR) is 54.7 cm³/mol. The molecule has 0 saturated carbocycles. The minimum Gasteiger partial charge on any atom is -0.103 e. The predicted octanol–water partition coefficient (Wildman–Crippen LogP) is 4.02. The van der Waals surface area contributed by atoms with E-state index in [2.05, 4.69) is 25.6 Å². The quantitative estimate of drug-likeness (QED) is 0.617. The molecule has 0 aliphatic heterocycles. The number of allylic oxidation sites excluding steroid dienone is 1. The maximum Gasteiger partial charge on any atom is 0.0406 e. The highest BCUT2D eigenvalue weighted by molar-refractivity contribution is 6.30. The van der Waals surface area contributed by atoms with Crippen molar-refractivity contribution in [1.82, 2.24) is 0 Å². The van der Waals surface area contributed by atoms with Crippen molar-refractivity contribution in [3.05, 3.63) is 47.5 Å². The highest BCUT2D eigenvalue weighted by Gasteiger charge is 2.01. The molecular weight excluding hydrogens is 168 g/mol. The molecule has 0 N–H and O–H groups in total. The molecule has 12 heavy (non-hydrogen) atoms. The van der Waals surface area contributed by atoms with E-state index >= 15 is 0 Å². The van der Waals surface area contributed by atoms with Crippen LogP contribution in [0, 0.1) is 0 Å². The molecule has 1 aromatic carbocycles. The molecule has 0 spiro atoms. The van der Waals surface area contributed by atoms with Gasteiger partial charge in [-0.05, 0) is 30.0 Å². The molecular formula is C11H13Cl. The lowest BCUT2D eigenvalue weighted by molar-refractivity contribution is 0.782. The third-order valence-corrected chi connectivity index (χ3v) is 2.21. The lowest BCUT2D eigenvalue weighted by Crippen LogP contribution is -1.90. The molecule has 1 rings (SSSR count). The monoisotopic (exact) mass is 180 g/mol. The molecule has 0 radical (unpaired) electrons. The summed E-state index contributed by atoms with van der Waals surface area (Å²) < 4.78 is 0. The van der Waals surface area contributed by atoms with Gasteiger partial charge in [0, 0.05) is 5.02 Å². The first-order valence-corrected chi connectivity index (χ1v) is 4.48. The van der Waals surface area contributed by atoms with Crippen LogP contribution in [-0.2, 0) is 0 Å². The van der Waals surface area contributed by atoms with Gasteiger partial charge in [0.2, 0.25) is 0 Å². The number of hydrogen-bond donors (Lipinski definition) is 0. The van der Waals surface area contributed by atoms with Gasteiger partial charge in [-0.2, -0.15) is 0 Å². The molecule has 0 saturated heterocycles. The summed E-state index contributed by atoms with van der Waals surface area (Å²) in [7, 11) is 0. The van der Waals surface area contributed by atoms with E-state index in [4.69, 9.17) is 11.6 Å². The Kier molecular flexibility index (Phi) is 3.36. The Bertz CT molecular complexity index is 248. The molecule has 0 fully saturated rings. The molecule has 1 atom stereocenters. The number of benzene rings is 1. The van der Waals surface area contributed by atoms with E-state index in [9.17, 15) is 0 Å². The van der Waals surface area contributed by atoms with Crippen LogP contribution in [0.2, 0.25) is 5.02 Å². The van der Waals surface area contributed by atoms with E-state index in [1.807, 2.05) is 18.2 Å². The Morgan fingerprint density at radius 1 is 1.42 bits per heavy atom. The lowest BCUT2D eigenvalue weighted by atomic mass is 9.98. The molecule has 0 unspecified atom stereocenters. The van der Waals surface area contributed by atoms with Crippen molar-refractivity contribution in [1.29, 1.82) is 0 Å². The maximum absolute atomic E-state index is 5.77. The summed E-state index contributed by atoms with van der Waals surface area (Å²) in [5.41, 5.74) is 1.32. The highest BCUT2D eigenvalue weighted by Crippen LogP contribution is 2.20. The Hall–Kier alpha value is -0.750. The van der Waals surface area contributed by atoms with Crippen molar-refractivity contribution in [3.8, 4) is 0 Å². The van der Waals surface area contributed by atoms with Crippen molar-refractivity contribution in [2.24, 2.45) is 0 Å². The molecule has 0 heterocycles. The third kappa shape index (κ3) is 2.38. The second-order valence-electron chi connectivity index (χ2n) is 2.98. The first-order valence-electron chi connectivity index (χ1n) is 4.10. The number of hydrogen-bond acceptors (Lipinski definition) is 0. The number of rotatable bonds is 3. The van der Waals surface area contributed by atoms with Crippen LogP contribution >= 0.6 is 11.6 Å². The Morgan fingerprint density at radius 2 is 2.00 bits per heavy atom. The van der Waals surface area contributed by atoms with E-state index in [0.29, 0.717) is 5.92 Å². The summed E-state index contributed by atoms with van der Waals surface area (Å²) in [5, 5.41) is 0.796. The molecule has 0 amide bonds. The third-order valence-electron chi connectivity index (χ3n) is 1.96. The molecule has 1 aromatic rings. The summed E-state index contributed by atoms with van der Waals surface area (Å²) in [6, 6.07) is 7.99. The lowest BCUT2D eigenvalue weighted by Gasteiger charge is -2.08. The summed E-state index contributed by atoms with van der Waals surface area (Å²) in [6.45, 7) is 5.90. The average molecular weight is 181 g/mol. The standard InChI is InChI=1S/C11H13Cl/c1-3-4-9(2)10-5-7-11(12)8-6-10/h3,5-9H,1,4H2,2H3/t9-/m0/s1. The van der Waals surface area contributed by atoms with Crippen molar-refractivity contribution in [3.63, 3.8) is 0 Å². The van der Waals surface area contributed by atoms with Gasteiger partial charge in [0.25, 0.3) is 0 Å². The maximum atomic E-state index is 5.77. The van der Waals surface area contributed by atoms with E-state index in [0.717, 1.165) is 11.4 Å². The molecule has 0 aromatic heterocycles. The van der Waals surface area contributed by atoms with Gasteiger partial charge < -0.3 is 0 Å². The fourth-order valence-corrected chi connectivity index (χ4v) is 1.30. The highest BCUT2D eigenvalue weighted by atomic mass is 35.5. The zero-order valence-corrected chi connectivity index (χ0v) is 8.01. The summed E-state index contributed by atoms with van der Waals surface area (Å²) in [4.78, 5) is 0. The second-order valence-corrected chi connectivity index (χ2v) is 3.41. The van der Waals surface area contributed by atoms with Crippen molar-refractivity contribution in [2.75, 3.05) is 0 Å². The first kappa shape index (κ1) is 9.34. The fraction of sp³-hybridized carbons (Fsp3) is 0.273. The minimum atomic E-state index is 0.541. The summed E-state index contributed by atoms with van der Waals surface area (Å²) >= 11 is 5.77. The largest absolute Gasteiger partial charge is 0.103 e. The van der Waals surface area contributed by atoms with E-state index in [1.54, 1.807) is 0 Å². The summed E-state index contributed by atoms with van der Waals surface area (Å²) in [6.07, 6.45) is 2.96.